The summed E-state index contributed by atoms with van der Waals surface area (Å²) in [4.78, 5) is 10.9. The molecule has 0 N–H and O–H groups in total. The van der Waals surface area contributed by atoms with Crippen molar-refractivity contribution in [2.45, 2.75) is 65.1 Å². The first-order valence-electron chi connectivity index (χ1n) is 6.44. The largest absolute Gasteiger partial charge is 0.463 e. The van der Waals surface area contributed by atoms with Crippen LogP contribution in [0.25, 0.3) is 0 Å². The van der Waals surface area contributed by atoms with Crippen molar-refractivity contribution in [2.24, 2.45) is 5.92 Å². The SMILES string of the molecule is CCC(=O)OC[C@@H]1O[C@@H]1CCCCC(C)C. The van der Waals surface area contributed by atoms with Crippen molar-refractivity contribution in [1.82, 2.24) is 0 Å². The van der Waals surface area contributed by atoms with E-state index in [1.54, 1.807) is 6.92 Å². The summed E-state index contributed by atoms with van der Waals surface area (Å²) >= 11 is 0. The van der Waals surface area contributed by atoms with Crippen molar-refractivity contribution in [2.75, 3.05) is 6.61 Å². The van der Waals surface area contributed by atoms with E-state index in [0.29, 0.717) is 19.1 Å². The summed E-state index contributed by atoms with van der Waals surface area (Å²) < 4.78 is 10.5. The average Bonchev–Trinajstić information content (AvgIpc) is 2.99. The zero-order valence-corrected chi connectivity index (χ0v) is 10.7. The van der Waals surface area contributed by atoms with Crippen molar-refractivity contribution < 1.29 is 14.3 Å². The van der Waals surface area contributed by atoms with Crippen LogP contribution in [0, 0.1) is 5.92 Å². The minimum Gasteiger partial charge on any atom is -0.463 e. The van der Waals surface area contributed by atoms with Gasteiger partial charge in [-0.1, -0.05) is 40.0 Å². The Morgan fingerprint density at radius 2 is 2.06 bits per heavy atom. The van der Waals surface area contributed by atoms with Crippen molar-refractivity contribution in [3.63, 3.8) is 0 Å². The molecule has 1 aliphatic heterocycles. The number of unbranched alkanes of at least 4 members (excludes halogenated alkanes) is 1. The lowest BCUT2D eigenvalue weighted by molar-refractivity contribution is -0.143. The molecular weight excluding hydrogens is 204 g/mol. The number of ether oxygens (including phenoxy) is 2. The van der Waals surface area contributed by atoms with Gasteiger partial charge in [-0.2, -0.15) is 0 Å². The van der Waals surface area contributed by atoms with Crippen LogP contribution in [0.2, 0.25) is 0 Å². The van der Waals surface area contributed by atoms with E-state index in [1.807, 2.05) is 0 Å². The zero-order valence-electron chi connectivity index (χ0n) is 10.7. The maximum Gasteiger partial charge on any atom is 0.305 e. The van der Waals surface area contributed by atoms with Crippen LogP contribution in [0.1, 0.15) is 52.9 Å². The molecule has 1 aliphatic rings. The molecule has 0 spiro atoms. The molecule has 3 heteroatoms. The van der Waals surface area contributed by atoms with Crippen molar-refractivity contribution in [3.8, 4) is 0 Å². The molecule has 0 saturated carbocycles. The number of hydrogen-bond donors (Lipinski definition) is 0. The molecule has 1 heterocycles. The van der Waals surface area contributed by atoms with Gasteiger partial charge in [0, 0.05) is 6.42 Å². The van der Waals surface area contributed by atoms with Crippen molar-refractivity contribution >= 4 is 5.97 Å². The van der Waals surface area contributed by atoms with Crippen LogP contribution in [-0.2, 0) is 14.3 Å². The summed E-state index contributed by atoms with van der Waals surface area (Å²) in [6.07, 6.45) is 5.88. The fraction of sp³-hybridized carbons (Fsp3) is 0.923. The third-order valence-corrected chi connectivity index (χ3v) is 2.91. The van der Waals surface area contributed by atoms with E-state index >= 15 is 0 Å². The molecule has 2 atom stereocenters. The van der Waals surface area contributed by atoms with E-state index in [1.165, 1.54) is 19.3 Å². The van der Waals surface area contributed by atoms with Crippen molar-refractivity contribution in [1.29, 1.82) is 0 Å². The molecule has 0 aliphatic carbocycles. The molecule has 3 nitrogen and oxygen atoms in total. The molecule has 16 heavy (non-hydrogen) atoms. The summed E-state index contributed by atoms with van der Waals surface area (Å²) in [5.41, 5.74) is 0. The third kappa shape index (κ3) is 5.50. The molecule has 0 unspecified atom stereocenters. The molecule has 0 bridgehead atoms. The van der Waals surface area contributed by atoms with Crippen LogP contribution < -0.4 is 0 Å². The zero-order chi connectivity index (χ0) is 12.0. The minimum atomic E-state index is -0.131. The number of esters is 1. The Balaban J connectivity index is 1.92. The van der Waals surface area contributed by atoms with E-state index in [0.717, 1.165) is 12.3 Å². The summed E-state index contributed by atoms with van der Waals surface area (Å²) in [6, 6.07) is 0. The molecule has 1 saturated heterocycles. The summed E-state index contributed by atoms with van der Waals surface area (Å²) in [6.45, 7) is 6.75. The number of hydrogen-bond acceptors (Lipinski definition) is 3. The Morgan fingerprint density at radius 1 is 1.31 bits per heavy atom. The normalized spacial score (nSPS) is 23.5. The fourth-order valence-electron chi connectivity index (χ4n) is 1.75. The van der Waals surface area contributed by atoms with Gasteiger partial charge in [-0.3, -0.25) is 4.79 Å². The lowest BCUT2D eigenvalue weighted by Crippen LogP contribution is -2.10. The Morgan fingerprint density at radius 3 is 2.69 bits per heavy atom. The standard InChI is InChI=1S/C13H24O3/c1-4-13(14)15-9-12-11(16-12)8-6-5-7-10(2)3/h10-12H,4-9H2,1-3H3/t11-,12+/m1/s1. The summed E-state index contributed by atoms with van der Waals surface area (Å²) in [5, 5.41) is 0. The second-order valence-corrected chi connectivity index (χ2v) is 4.93. The first-order chi connectivity index (χ1) is 7.63. The van der Waals surface area contributed by atoms with E-state index in [-0.39, 0.29) is 12.1 Å². The van der Waals surface area contributed by atoms with Gasteiger partial charge in [0.15, 0.2) is 0 Å². The monoisotopic (exact) mass is 228 g/mol. The Kier molecular flexibility index (Phi) is 5.81. The lowest BCUT2D eigenvalue weighted by Gasteiger charge is -2.02. The highest BCUT2D eigenvalue weighted by Gasteiger charge is 2.38. The van der Waals surface area contributed by atoms with Gasteiger partial charge in [-0.05, 0) is 12.3 Å². The first kappa shape index (κ1) is 13.5. The minimum absolute atomic E-state index is 0.131. The van der Waals surface area contributed by atoms with Gasteiger partial charge in [0.05, 0.1) is 6.10 Å². The summed E-state index contributed by atoms with van der Waals surface area (Å²) in [7, 11) is 0. The number of carbonyl (C=O) groups excluding carboxylic acids is 1. The van der Waals surface area contributed by atoms with Crippen LogP contribution >= 0.6 is 0 Å². The average molecular weight is 228 g/mol. The van der Waals surface area contributed by atoms with Crippen LogP contribution in [0.5, 0.6) is 0 Å². The second-order valence-electron chi connectivity index (χ2n) is 4.93. The maximum atomic E-state index is 10.9. The molecule has 1 fully saturated rings. The Labute approximate surface area is 98.5 Å². The van der Waals surface area contributed by atoms with Crippen molar-refractivity contribution in [3.05, 3.63) is 0 Å². The molecule has 0 amide bonds. The highest BCUT2D eigenvalue weighted by atomic mass is 16.6. The topological polar surface area (TPSA) is 38.8 Å². The molecule has 0 aromatic heterocycles. The smallest absolute Gasteiger partial charge is 0.305 e. The van der Waals surface area contributed by atoms with E-state index < -0.39 is 0 Å². The summed E-state index contributed by atoms with van der Waals surface area (Å²) in [5.74, 6) is 0.662. The third-order valence-electron chi connectivity index (χ3n) is 2.91. The fourth-order valence-corrected chi connectivity index (χ4v) is 1.75. The Hall–Kier alpha value is -0.570. The van der Waals surface area contributed by atoms with Crippen LogP contribution in [0.4, 0.5) is 0 Å². The van der Waals surface area contributed by atoms with Gasteiger partial charge in [-0.25, -0.2) is 0 Å². The van der Waals surface area contributed by atoms with Gasteiger partial charge >= 0.3 is 5.97 Å². The maximum absolute atomic E-state index is 10.9. The highest BCUT2D eigenvalue weighted by molar-refractivity contribution is 5.68. The predicted octanol–water partition coefficient (Wildman–Crippen LogP) is 2.92. The number of carbonyl (C=O) groups is 1. The molecule has 94 valence electrons. The van der Waals surface area contributed by atoms with Gasteiger partial charge < -0.3 is 9.47 Å². The van der Waals surface area contributed by atoms with E-state index in [9.17, 15) is 4.79 Å². The first-order valence-corrected chi connectivity index (χ1v) is 6.44. The second kappa shape index (κ2) is 6.89. The van der Waals surface area contributed by atoms with Crippen LogP contribution in [0.3, 0.4) is 0 Å². The van der Waals surface area contributed by atoms with Gasteiger partial charge in [0.2, 0.25) is 0 Å². The predicted molar refractivity (Wildman–Crippen MR) is 63.2 cm³/mol. The molecular formula is C13H24O3. The lowest BCUT2D eigenvalue weighted by atomic mass is 10.0. The molecule has 1 rings (SSSR count). The number of epoxide rings is 1. The van der Waals surface area contributed by atoms with Crippen LogP contribution in [0.15, 0.2) is 0 Å². The molecule has 0 aromatic carbocycles. The van der Waals surface area contributed by atoms with E-state index in [4.69, 9.17) is 9.47 Å². The van der Waals surface area contributed by atoms with E-state index in [2.05, 4.69) is 13.8 Å². The molecule has 0 radical (unpaired) electrons. The van der Waals surface area contributed by atoms with Crippen LogP contribution in [-0.4, -0.2) is 24.8 Å². The number of rotatable bonds is 8. The highest BCUT2D eigenvalue weighted by Crippen LogP contribution is 2.28. The Bertz CT molecular complexity index is 213. The molecule has 0 aromatic rings. The van der Waals surface area contributed by atoms with Gasteiger partial charge in [-0.15, -0.1) is 0 Å². The van der Waals surface area contributed by atoms with Gasteiger partial charge in [0.1, 0.15) is 12.7 Å². The van der Waals surface area contributed by atoms with Gasteiger partial charge in [0.25, 0.3) is 0 Å². The quantitative estimate of drug-likeness (QED) is 0.364.